The highest BCUT2D eigenvalue weighted by molar-refractivity contribution is 7.99. The molecule has 2 aliphatic rings. The van der Waals surface area contributed by atoms with Crippen molar-refractivity contribution >= 4 is 41.7 Å². The maximum atomic E-state index is 12.7. The minimum Gasteiger partial charge on any atom is -0.378 e. The Morgan fingerprint density at radius 3 is 2.76 bits per heavy atom. The van der Waals surface area contributed by atoms with Gasteiger partial charge in [-0.1, -0.05) is 12.1 Å². The first-order valence-corrected chi connectivity index (χ1v) is 9.46. The van der Waals surface area contributed by atoms with E-state index in [9.17, 15) is 9.59 Å². The van der Waals surface area contributed by atoms with E-state index in [0.717, 1.165) is 18.1 Å². The number of carbonyl (C=O) groups is 2. The molecule has 0 aromatic heterocycles. The van der Waals surface area contributed by atoms with Crippen LogP contribution in [0.15, 0.2) is 24.3 Å². The molecule has 2 aliphatic heterocycles. The van der Waals surface area contributed by atoms with Crippen LogP contribution in [0, 0.1) is 0 Å². The highest BCUT2D eigenvalue weighted by atomic mass is 35.5. The standard InChI is InChI=1S/C17H23N3O3S.ClH/c21-16(11-13-12-24-10-5-18-13)19-15-4-2-1-3-14(15)17(22)20-6-8-23-9-7-20;/h1-4,13,18H,5-12H2,(H,19,21);1H. The summed E-state index contributed by atoms with van der Waals surface area (Å²) < 4.78 is 5.29. The van der Waals surface area contributed by atoms with Crippen molar-refractivity contribution in [1.29, 1.82) is 0 Å². The van der Waals surface area contributed by atoms with Gasteiger partial charge in [0.25, 0.3) is 5.91 Å². The summed E-state index contributed by atoms with van der Waals surface area (Å²) in [5.41, 5.74) is 1.13. The van der Waals surface area contributed by atoms with Crippen molar-refractivity contribution in [2.24, 2.45) is 0 Å². The Balaban J connectivity index is 0.00000225. The maximum Gasteiger partial charge on any atom is 0.256 e. The molecule has 8 heteroatoms. The summed E-state index contributed by atoms with van der Waals surface area (Å²) >= 11 is 1.86. The Kier molecular flexibility index (Phi) is 8.02. The summed E-state index contributed by atoms with van der Waals surface area (Å²) in [5.74, 6) is 1.93. The van der Waals surface area contributed by atoms with Gasteiger partial charge in [-0.3, -0.25) is 9.59 Å². The lowest BCUT2D eigenvalue weighted by Gasteiger charge is -2.27. The highest BCUT2D eigenvalue weighted by Gasteiger charge is 2.22. The Morgan fingerprint density at radius 2 is 2.04 bits per heavy atom. The van der Waals surface area contributed by atoms with Crippen molar-refractivity contribution in [2.75, 3.05) is 49.7 Å². The molecule has 0 saturated carbocycles. The molecule has 1 aromatic rings. The monoisotopic (exact) mass is 385 g/mol. The van der Waals surface area contributed by atoms with E-state index in [4.69, 9.17) is 4.74 Å². The van der Waals surface area contributed by atoms with Gasteiger partial charge in [0, 0.05) is 43.6 Å². The zero-order valence-corrected chi connectivity index (χ0v) is 15.7. The predicted molar refractivity (Wildman–Crippen MR) is 103 cm³/mol. The summed E-state index contributed by atoms with van der Waals surface area (Å²) in [7, 11) is 0. The second-order valence-corrected chi connectivity index (χ2v) is 7.08. The van der Waals surface area contributed by atoms with Crippen LogP contribution in [0.25, 0.3) is 0 Å². The van der Waals surface area contributed by atoms with Crippen molar-refractivity contribution in [1.82, 2.24) is 10.2 Å². The Hall–Kier alpha value is -1.28. The van der Waals surface area contributed by atoms with Crippen molar-refractivity contribution in [3.8, 4) is 0 Å². The highest BCUT2D eigenvalue weighted by Crippen LogP contribution is 2.19. The number of nitrogens with zero attached hydrogens (tertiary/aromatic N) is 1. The lowest BCUT2D eigenvalue weighted by molar-refractivity contribution is -0.116. The average Bonchev–Trinajstić information content (AvgIpc) is 2.63. The van der Waals surface area contributed by atoms with Crippen LogP contribution in [0.2, 0.25) is 0 Å². The number of nitrogens with one attached hydrogen (secondary N) is 2. The van der Waals surface area contributed by atoms with Gasteiger partial charge in [0.2, 0.25) is 5.91 Å². The fourth-order valence-corrected chi connectivity index (χ4v) is 3.84. The van der Waals surface area contributed by atoms with E-state index in [1.165, 1.54) is 0 Å². The molecule has 0 bridgehead atoms. The van der Waals surface area contributed by atoms with Gasteiger partial charge in [0.1, 0.15) is 0 Å². The zero-order chi connectivity index (χ0) is 16.8. The number of halogens is 1. The third-order valence-electron chi connectivity index (χ3n) is 4.16. The Labute approximate surface area is 158 Å². The molecule has 0 spiro atoms. The Bertz CT molecular complexity index is 590. The van der Waals surface area contributed by atoms with Crippen LogP contribution in [0.3, 0.4) is 0 Å². The zero-order valence-electron chi connectivity index (χ0n) is 14.0. The molecule has 2 amide bonds. The topological polar surface area (TPSA) is 70.7 Å². The molecule has 138 valence electrons. The first-order valence-electron chi connectivity index (χ1n) is 8.31. The van der Waals surface area contributed by atoms with Crippen molar-refractivity contribution < 1.29 is 14.3 Å². The lowest BCUT2D eigenvalue weighted by atomic mass is 10.1. The SMILES string of the molecule is Cl.O=C(CC1CSCCN1)Nc1ccccc1C(=O)N1CCOCC1. The van der Waals surface area contributed by atoms with Gasteiger partial charge in [-0.15, -0.1) is 12.4 Å². The summed E-state index contributed by atoms with van der Waals surface area (Å²) in [5, 5.41) is 6.27. The van der Waals surface area contributed by atoms with Crippen LogP contribution in [0.1, 0.15) is 16.8 Å². The number of ether oxygens (including phenoxy) is 1. The van der Waals surface area contributed by atoms with E-state index in [0.29, 0.717) is 44.0 Å². The molecule has 25 heavy (non-hydrogen) atoms. The second-order valence-electron chi connectivity index (χ2n) is 5.93. The smallest absolute Gasteiger partial charge is 0.256 e. The van der Waals surface area contributed by atoms with Crippen LogP contribution in [-0.4, -0.2) is 67.1 Å². The normalized spacial score (nSPS) is 20.5. The first kappa shape index (κ1) is 20.0. The number of benzene rings is 1. The van der Waals surface area contributed by atoms with E-state index in [2.05, 4.69) is 10.6 Å². The molecule has 0 aliphatic carbocycles. The minimum atomic E-state index is -0.0581. The molecule has 6 nitrogen and oxygen atoms in total. The molecule has 3 rings (SSSR count). The molecule has 2 saturated heterocycles. The molecule has 1 unspecified atom stereocenters. The molecule has 0 radical (unpaired) electrons. The fourth-order valence-electron chi connectivity index (χ4n) is 2.89. The van der Waals surface area contributed by atoms with Crippen LogP contribution in [0.4, 0.5) is 5.69 Å². The number of morpholine rings is 1. The van der Waals surface area contributed by atoms with Crippen LogP contribution >= 0.6 is 24.2 Å². The summed E-state index contributed by atoms with van der Waals surface area (Å²) in [6, 6.07) is 7.41. The summed E-state index contributed by atoms with van der Waals surface area (Å²) in [4.78, 5) is 26.8. The van der Waals surface area contributed by atoms with Crippen LogP contribution in [0.5, 0.6) is 0 Å². The molecule has 2 N–H and O–H groups in total. The van der Waals surface area contributed by atoms with E-state index < -0.39 is 0 Å². The second kappa shape index (κ2) is 10.0. The summed E-state index contributed by atoms with van der Waals surface area (Å²) in [6.45, 7) is 3.24. The number of thioether (sulfide) groups is 1. The molecular weight excluding hydrogens is 362 g/mol. The van der Waals surface area contributed by atoms with Gasteiger partial charge in [-0.2, -0.15) is 11.8 Å². The van der Waals surface area contributed by atoms with E-state index >= 15 is 0 Å². The molecule has 1 aromatic carbocycles. The maximum absolute atomic E-state index is 12.7. The quantitative estimate of drug-likeness (QED) is 0.824. The first-order chi connectivity index (χ1) is 11.7. The number of para-hydroxylation sites is 1. The largest absolute Gasteiger partial charge is 0.378 e. The van der Waals surface area contributed by atoms with Crippen LogP contribution in [-0.2, 0) is 9.53 Å². The molecule has 2 fully saturated rings. The number of amides is 2. The van der Waals surface area contributed by atoms with E-state index in [1.807, 2.05) is 23.9 Å². The lowest BCUT2D eigenvalue weighted by Crippen LogP contribution is -2.41. The van der Waals surface area contributed by atoms with Gasteiger partial charge in [-0.25, -0.2) is 0 Å². The van der Waals surface area contributed by atoms with Crippen LogP contribution < -0.4 is 10.6 Å². The van der Waals surface area contributed by atoms with Crippen molar-refractivity contribution in [3.05, 3.63) is 29.8 Å². The average molecular weight is 386 g/mol. The molecular formula is C17H24ClN3O3S. The van der Waals surface area contributed by atoms with Gasteiger partial charge in [-0.05, 0) is 12.1 Å². The number of carbonyl (C=O) groups excluding carboxylic acids is 2. The Morgan fingerprint density at radius 1 is 1.28 bits per heavy atom. The minimum absolute atomic E-state index is 0. The fraction of sp³-hybridized carbons (Fsp3) is 0.529. The summed E-state index contributed by atoms with van der Waals surface area (Å²) in [6.07, 6.45) is 0.424. The third kappa shape index (κ3) is 5.60. The number of hydrogen-bond donors (Lipinski definition) is 2. The van der Waals surface area contributed by atoms with Gasteiger partial charge in [0.05, 0.1) is 24.5 Å². The predicted octanol–water partition coefficient (Wildman–Crippen LogP) is 1.61. The van der Waals surface area contributed by atoms with Gasteiger partial charge in [0.15, 0.2) is 0 Å². The molecule has 2 heterocycles. The van der Waals surface area contributed by atoms with E-state index in [1.54, 1.807) is 17.0 Å². The van der Waals surface area contributed by atoms with Gasteiger partial charge >= 0.3 is 0 Å². The number of rotatable bonds is 4. The molecule has 1 atom stereocenters. The third-order valence-corrected chi connectivity index (χ3v) is 5.29. The van der Waals surface area contributed by atoms with Crippen molar-refractivity contribution in [3.63, 3.8) is 0 Å². The van der Waals surface area contributed by atoms with E-state index in [-0.39, 0.29) is 30.3 Å². The van der Waals surface area contributed by atoms with Gasteiger partial charge < -0.3 is 20.3 Å². The number of hydrogen-bond acceptors (Lipinski definition) is 5. The number of anilines is 1. The van der Waals surface area contributed by atoms with Crippen molar-refractivity contribution in [2.45, 2.75) is 12.5 Å².